The summed E-state index contributed by atoms with van der Waals surface area (Å²) in [5.74, 6) is -0.557. The van der Waals surface area contributed by atoms with Crippen molar-refractivity contribution in [2.75, 3.05) is 26.7 Å². The molecule has 6 heteroatoms. The number of rotatable bonds is 7. The van der Waals surface area contributed by atoms with Gasteiger partial charge in [0.25, 0.3) is 0 Å². The zero-order valence-electron chi connectivity index (χ0n) is 13.5. The Balaban J connectivity index is 1.69. The lowest BCUT2D eigenvalue weighted by atomic mass is 10.1. The second-order valence-corrected chi connectivity index (χ2v) is 5.27. The Kier molecular flexibility index (Phi) is 6.54. The number of amides is 2. The van der Waals surface area contributed by atoms with Gasteiger partial charge in [-0.15, -0.1) is 0 Å². The molecule has 0 aromatic heterocycles. The van der Waals surface area contributed by atoms with Crippen molar-refractivity contribution in [3.63, 3.8) is 0 Å². The van der Waals surface area contributed by atoms with E-state index in [9.17, 15) is 13.6 Å². The molecule has 0 saturated heterocycles. The number of hydrogen-bond donors (Lipinski definition) is 1. The van der Waals surface area contributed by atoms with Gasteiger partial charge in [-0.3, -0.25) is 0 Å². The summed E-state index contributed by atoms with van der Waals surface area (Å²) in [5, 5.41) is 2.71. The van der Waals surface area contributed by atoms with Crippen LogP contribution in [0.15, 0.2) is 48.5 Å². The van der Waals surface area contributed by atoms with Gasteiger partial charge in [0.2, 0.25) is 0 Å². The van der Waals surface area contributed by atoms with E-state index in [0.717, 1.165) is 0 Å². The zero-order chi connectivity index (χ0) is 17.4. The van der Waals surface area contributed by atoms with Crippen molar-refractivity contribution in [2.45, 2.75) is 6.42 Å². The molecule has 4 nitrogen and oxygen atoms in total. The van der Waals surface area contributed by atoms with Crippen molar-refractivity contribution in [1.29, 1.82) is 0 Å². The molecular formula is C18H20F2N2O2. The highest BCUT2D eigenvalue weighted by molar-refractivity contribution is 5.73. The number of halogens is 2. The van der Waals surface area contributed by atoms with Crippen LogP contribution in [-0.4, -0.2) is 37.7 Å². The van der Waals surface area contributed by atoms with E-state index in [4.69, 9.17) is 4.74 Å². The fourth-order valence-electron chi connectivity index (χ4n) is 2.10. The van der Waals surface area contributed by atoms with Crippen LogP contribution in [0.4, 0.5) is 13.6 Å². The molecule has 0 atom stereocenters. The minimum Gasteiger partial charge on any atom is -0.489 e. The van der Waals surface area contributed by atoms with Crippen molar-refractivity contribution in [3.8, 4) is 5.75 Å². The topological polar surface area (TPSA) is 41.6 Å². The van der Waals surface area contributed by atoms with Crippen molar-refractivity contribution in [1.82, 2.24) is 10.2 Å². The number of likely N-dealkylation sites (N-methyl/N-ethyl adjacent to an activating group) is 1. The van der Waals surface area contributed by atoms with Crippen molar-refractivity contribution in [2.24, 2.45) is 0 Å². The van der Waals surface area contributed by atoms with Crippen LogP contribution in [0.3, 0.4) is 0 Å². The first kappa shape index (κ1) is 17.7. The number of nitrogens with zero attached hydrogens (tertiary/aromatic N) is 1. The van der Waals surface area contributed by atoms with Gasteiger partial charge in [0.1, 0.15) is 12.4 Å². The van der Waals surface area contributed by atoms with Gasteiger partial charge < -0.3 is 15.0 Å². The maximum Gasteiger partial charge on any atom is 0.317 e. The van der Waals surface area contributed by atoms with E-state index in [-0.39, 0.29) is 24.2 Å². The van der Waals surface area contributed by atoms with Crippen LogP contribution in [-0.2, 0) is 6.42 Å². The summed E-state index contributed by atoms with van der Waals surface area (Å²) >= 11 is 0. The molecule has 2 aromatic carbocycles. The van der Waals surface area contributed by atoms with Gasteiger partial charge in [0.15, 0.2) is 11.6 Å². The predicted octanol–water partition coefficient (Wildman–Crippen LogP) is 3.23. The maximum absolute atomic E-state index is 13.5. The summed E-state index contributed by atoms with van der Waals surface area (Å²) in [6.07, 6.45) is 0.415. The van der Waals surface area contributed by atoms with E-state index in [2.05, 4.69) is 5.32 Å². The van der Waals surface area contributed by atoms with Crippen LogP contribution >= 0.6 is 0 Å². The summed E-state index contributed by atoms with van der Waals surface area (Å²) in [7, 11) is 1.61. The van der Waals surface area contributed by atoms with E-state index < -0.39 is 5.82 Å². The van der Waals surface area contributed by atoms with Gasteiger partial charge in [-0.2, -0.15) is 0 Å². The van der Waals surface area contributed by atoms with Crippen molar-refractivity contribution < 1.29 is 18.3 Å². The highest BCUT2D eigenvalue weighted by atomic mass is 19.1. The normalized spacial score (nSPS) is 10.3. The fourth-order valence-corrected chi connectivity index (χ4v) is 2.10. The minimum absolute atomic E-state index is 0.158. The first-order chi connectivity index (χ1) is 11.6. The second-order valence-electron chi connectivity index (χ2n) is 5.27. The lowest BCUT2D eigenvalue weighted by Gasteiger charge is -2.18. The first-order valence-electron chi connectivity index (χ1n) is 7.67. The van der Waals surface area contributed by atoms with Crippen LogP contribution in [0.5, 0.6) is 5.75 Å². The minimum atomic E-state index is -0.436. The largest absolute Gasteiger partial charge is 0.489 e. The monoisotopic (exact) mass is 334 g/mol. The van der Waals surface area contributed by atoms with Gasteiger partial charge >= 0.3 is 6.03 Å². The Labute approximate surface area is 140 Å². The number of para-hydroxylation sites is 1. The van der Waals surface area contributed by atoms with Gasteiger partial charge in [-0.25, -0.2) is 13.6 Å². The van der Waals surface area contributed by atoms with E-state index in [1.807, 2.05) is 0 Å². The molecule has 0 bridgehead atoms. The molecule has 0 aliphatic heterocycles. The molecule has 0 unspecified atom stereocenters. The highest BCUT2D eigenvalue weighted by Crippen LogP contribution is 2.15. The summed E-state index contributed by atoms with van der Waals surface area (Å²) in [6, 6.07) is 12.3. The summed E-state index contributed by atoms with van der Waals surface area (Å²) in [5.41, 5.74) is 0.559. The number of carbonyl (C=O) groups is 1. The lowest BCUT2D eigenvalue weighted by Crippen LogP contribution is -2.40. The molecule has 0 spiro atoms. The molecule has 24 heavy (non-hydrogen) atoms. The van der Waals surface area contributed by atoms with E-state index in [0.29, 0.717) is 25.1 Å². The summed E-state index contributed by atoms with van der Waals surface area (Å²) in [6.45, 7) is 0.816. The van der Waals surface area contributed by atoms with Crippen LogP contribution in [0, 0.1) is 11.6 Å². The van der Waals surface area contributed by atoms with Gasteiger partial charge in [-0.05, 0) is 30.2 Å². The van der Waals surface area contributed by atoms with Gasteiger partial charge in [0, 0.05) is 13.6 Å². The first-order valence-corrected chi connectivity index (χ1v) is 7.67. The molecular weight excluding hydrogens is 314 g/mol. The van der Waals surface area contributed by atoms with E-state index in [1.54, 1.807) is 37.4 Å². The second kappa shape index (κ2) is 8.86. The molecule has 0 radical (unpaired) electrons. The molecule has 2 aromatic rings. The molecule has 0 aliphatic carbocycles. The van der Waals surface area contributed by atoms with Crippen LogP contribution < -0.4 is 10.1 Å². The average Bonchev–Trinajstić information content (AvgIpc) is 2.58. The highest BCUT2D eigenvalue weighted by Gasteiger charge is 2.09. The third-order valence-corrected chi connectivity index (χ3v) is 3.50. The Morgan fingerprint density at radius 1 is 1.08 bits per heavy atom. The summed E-state index contributed by atoms with van der Waals surface area (Å²) < 4.78 is 32.1. The maximum atomic E-state index is 13.5. The lowest BCUT2D eigenvalue weighted by molar-refractivity contribution is 0.194. The van der Waals surface area contributed by atoms with Crippen LogP contribution in [0.1, 0.15) is 5.56 Å². The Bertz CT molecular complexity index is 680. The Morgan fingerprint density at radius 2 is 1.75 bits per heavy atom. The Morgan fingerprint density at radius 3 is 2.46 bits per heavy atom. The quantitative estimate of drug-likeness (QED) is 0.845. The molecule has 0 fully saturated rings. The zero-order valence-corrected chi connectivity index (χ0v) is 13.5. The number of ether oxygens (including phenoxy) is 1. The molecule has 128 valence electrons. The van der Waals surface area contributed by atoms with Crippen LogP contribution in [0.25, 0.3) is 0 Å². The molecule has 2 amide bonds. The van der Waals surface area contributed by atoms with Gasteiger partial charge in [0.05, 0.1) is 6.54 Å². The number of carbonyl (C=O) groups excluding carboxylic acids is 1. The Hall–Kier alpha value is -2.63. The average molecular weight is 334 g/mol. The van der Waals surface area contributed by atoms with Gasteiger partial charge in [-0.1, -0.05) is 30.3 Å². The molecule has 0 saturated carbocycles. The smallest absolute Gasteiger partial charge is 0.317 e. The van der Waals surface area contributed by atoms with Crippen LogP contribution in [0.2, 0.25) is 0 Å². The third kappa shape index (κ3) is 5.22. The molecule has 0 aliphatic rings. The van der Waals surface area contributed by atoms with E-state index in [1.165, 1.54) is 23.1 Å². The van der Waals surface area contributed by atoms with E-state index >= 15 is 0 Å². The SMILES string of the molecule is CN(CCOc1ccccc1F)C(=O)NCCc1ccccc1F. The van der Waals surface area contributed by atoms with Crippen molar-refractivity contribution in [3.05, 3.63) is 65.7 Å². The fraction of sp³-hybridized carbons (Fsp3) is 0.278. The third-order valence-electron chi connectivity index (χ3n) is 3.50. The van der Waals surface area contributed by atoms with Crippen molar-refractivity contribution >= 4 is 6.03 Å². The molecule has 1 N–H and O–H groups in total. The predicted molar refractivity (Wildman–Crippen MR) is 88.0 cm³/mol. The number of hydrogen-bond acceptors (Lipinski definition) is 2. The number of nitrogens with one attached hydrogen (secondary N) is 1. The number of benzene rings is 2. The molecule has 0 heterocycles. The molecule has 2 rings (SSSR count). The standard InChI is InChI=1S/C18H20F2N2O2/c1-22(12-13-24-17-9-5-4-8-16(17)20)18(23)21-11-10-14-6-2-3-7-15(14)19/h2-9H,10-13H2,1H3,(H,21,23). The number of urea groups is 1. The summed E-state index contributed by atoms with van der Waals surface area (Å²) in [4.78, 5) is 13.4.